The molecule has 0 aromatic carbocycles. The fourth-order valence-corrected chi connectivity index (χ4v) is 1.52. The van der Waals surface area contributed by atoms with E-state index < -0.39 is 0 Å². The summed E-state index contributed by atoms with van der Waals surface area (Å²) in [5, 5.41) is 9.17. The topological polar surface area (TPSA) is 71.5 Å². The van der Waals surface area contributed by atoms with Gasteiger partial charge in [0, 0.05) is 37.6 Å². The molecule has 1 unspecified atom stereocenters. The van der Waals surface area contributed by atoms with Gasteiger partial charge in [0.1, 0.15) is 0 Å². The van der Waals surface area contributed by atoms with Crippen molar-refractivity contribution in [1.82, 2.24) is 9.47 Å². The van der Waals surface area contributed by atoms with Crippen LogP contribution in [0.2, 0.25) is 0 Å². The lowest BCUT2D eigenvalue weighted by Crippen LogP contribution is -2.29. The second-order valence-corrected chi connectivity index (χ2v) is 4.44. The summed E-state index contributed by atoms with van der Waals surface area (Å²) in [7, 11) is 1.97. The van der Waals surface area contributed by atoms with E-state index in [-0.39, 0.29) is 11.7 Å². The van der Waals surface area contributed by atoms with Crippen molar-refractivity contribution >= 4 is 5.69 Å². The number of nitrogens with zero attached hydrogens (tertiary/aromatic N) is 2. The molecule has 1 aromatic rings. The van der Waals surface area contributed by atoms with Crippen molar-refractivity contribution in [2.75, 3.05) is 25.9 Å². The minimum absolute atomic E-state index is 0.0388. The molecule has 1 rings (SSSR count). The minimum atomic E-state index is -0.285. The van der Waals surface area contributed by atoms with Crippen LogP contribution in [-0.2, 0) is 6.54 Å². The Bertz CT molecular complexity index is 401. The lowest BCUT2D eigenvalue weighted by atomic mass is 10.3. The fourth-order valence-electron chi connectivity index (χ4n) is 1.52. The number of rotatable bonds is 6. The van der Waals surface area contributed by atoms with Crippen molar-refractivity contribution < 1.29 is 5.11 Å². The standard InChI is InChI=1S/C12H21N3O2/c1-10(16)5-6-14(2)7-8-15-9-11(13)3-4-12(15)17/h3-4,9-10,16H,5-8,13H2,1-2H3. The Morgan fingerprint density at radius 3 is 2.82 bits per heavy atom. The molecule has 1 atom stereocenters. The van der Waals surface area contributed by atoms with Gasteiger partial charge in [-0.15, -0.1) is 0 Å². The summed E-state index contributed by atoms with van der Waals surface area (Å²) in [5.41, 5.74) is 6.18. The predicted molar refractivity (Wildman–Crippen MR) is 68.9 cm³/mol. The van der Waals surface area contributed by atoms with E-state index in [1.165, 1.54) is 6.07 Å². The van der Waals surface area contributed by atoms with Crippen LogP contribution in [0.4, 0.5) is 5.69 Å². The van der Waals surface area contributed by atoms with Crippen LogP contribution in [0.3, 0.4) is 0 Å². The lowest BCUT2D eigenvalue weighted by Gasteiger charge is -2.18. The van der Waals surface area contributed by atoms with Gasteiger partial charge >= 0.3 is 0 Å². The van der Waals surface area contributed by atoms with E-state index >= 15 is 0 Å². The van der Waals surface area contributed by atoms with E-state index in [4.69, 9.17) is 10.8 Å². The first-order chi connectivity index (χ1) is 7.99. The summed E-state index contributed by atoms with van der Waals surface area (Å²) in [6, 6.07) is 3.08. The molecule has 17 heavy (non-hydrogen) atoms. The molecule has 0 aliphatic carbocycles. The third kappa shape index (κ3) is 5.01. The lowest BCUT2D eigenvalue weighted by molar-refractivity contribution is 0.163. The SMILES string of the molecule is CC(O)CCN(C)CCn1cc(N)ccc1=O. The third-order valence-corrected chi connectivity index (χ3v) is 2.66. The molecule has 5 nitrogen and oxygen atoms in total. The Labute approximate surface area is 101 Å². The number of pyridine rings is 1. The van der Waals surface area contributed by atoms with E-state index in [1.54, 1.807) is 23.8 Å². The molecule has 0 amide bonds. The first-order valence-corrected chi connectivity index (χ1v) is 5.81. The number of aliphatic hydroxyl groups excluding tert-OH is 1. The second kappa shape index (κ2) is 6.42. The molecule has 0 saturated carbocycles. The maximum absolute atomic E-state index is 11.5. The van der Waals surface area contributed by atoms with Gasteiger partial charge in [-0.2, -0.15) is 0 Å². The van der Waals surface area contributed by atoms with Crippen molar-refractivity contribution in [3.63, 3.8) is 0 Å². The van der Waals surface area contributed by atoms with Crippen LogP contribution in [0.5, 0.6) is 0 Å². The molecule has 0 fully saturated rings. The Morgan fingerprint density at radius 2 is 2.18 bits per heavy atom. The van der Waals surface area contributed by atoms with Crippen LogP contribution >= 0.6 is 0 Å². The molecule has 3 N–H and O–H groups in total. The van der Waals surface area contributed by atoms with Crippen molar-refractivity contribution in [3.8, 4) is 0 Å². The highest BCUT2D eigenvalue weighted by molar-refractivity contribution is 5.33. The van der Waals surface area contributed by atoms with Crippen molar-refractivity contribution in [2.45, 2.75) is 26.0 Å². The third-order valence-electron chi connectivity index (χ3n) is 2.66. The number of hydrogen-bond donors (Lipinski definition) is 2. The van der Waals surface area contributed by atoms with Crippen LogP contribution in [0.15, 0.2) is 23.1 Å². The molecule has 0 spiro atoms. The van der Waals surface area contributed by atoms with E-state index in [9.17, 15) is 4.79 Å². The molecule has 96 valence electrons. The van der Waals surface area contributed by atoms with Crippen LogP contribution in [0, 0.1) is 0 Å². The molecule has 0 radical (unpaired) electrons. The number of likely N-dealkylation sites (N-methyl/N-ethyl adjacent to an activating group) is 1. The highest BCUT2D eigenvalue weighted by Gasteiger charge is 2.02. The zero-order valence-corrected chi connectivity index (χ0v) is 10.5. The Morgan fingerprint density at radius 1 is 1.47 bits per heavy atom. The van der Waals surface area contributed by atoms with Gasteiger partial charge < -0.3 is 20.3 Å². The van der Waals surface area contributed by atoms with Crippen molar-refractivity contribution in [2.24, 2.45) is 0 Å². The predicted octanol–water partition coefficient (Wildman–Crippen LogP) is 0.133. The molecule has 0 aliphatic rings. The number of hydrogen-bond acceptors (Lipinski definition) is 4. The highest BCUT2D eigenvalue weighted by Crippen LogP contribution is 1.97. The number of aromatic nitrogens is 1. The summed E-state index contributed by atoms with van der Waals surface area (Å²) >= 11 is 0. The largest absolute Gasteiger partial charge is 0.398 e. The van der Waals surface area contributed by atoms with E-state index in [1.807, 2.05) is 7.05 Å². The first-order valence-electron chi connectivity index (χ1n) is 5.81. The molecule has 1 aromatic heterocycles. The molecule has 5 heteroatoms. The maximum atomic E-state index is 11.5. The first kappa shape index (κ1) is 13.7. The van der Waals surface area contributed by atoms with Gasteiger partial charge in [-0.25, -0.2) is 0 Å². The molecular formula is C12H21N3O2. The van der Waals surface area contributed by atoms with Crippen molar-refractivity contribution in [1.29, 1.82) is 0 Å². The van der Waals surface area contributed by atoms with Crippen molar-refractivity contribution in [3.05, 3.63) is 28.7 Å². The van der Waals surface area contributed by atoms with Crippen LogP contribution in [0.1, 0.15) is 13.3 Å². The second-order valence-electron chi connectivity index (χ2n) is 4.44. The van der Waals surface area contributed by atoms with Gasteiger partial charge in [-0.05, 0) is 26.5 Å². The summed E-state index contributed by atoms with van der Waals surface area (Å²) < 4.78 is 1.61. The number of nitrogen functional groups attached to an aromatic ring is 1. The van der Waals surface area contributed by atoms with Crippen LogP contribution in [-0.4, -0.2) is 40.8 Å². The molecule has 0 aliphatic heterocycles. The smallest absolute Gasteiger partial charge is 0.250 e. The number of aliphatic hydroxyl groups is 1. The van der Waals surface area contributed by atoms with E-state index in [0.29, 0.717) is 12.2 Å². The van der Waals surface area contributed by atoms with Gasteiger partial charge in [-0.1, -0.05) is 0 Å². The van der Waals surface area contributed by atoms with Gasteiger partial charge in [0.15, 0.2) is 0 Å². The normalized spacial score (nSPS) is 12.9. The molecule has 1 heterocycles. The zero-order valence-electron chi connectivity index (χ0n) is 10.5. The van der Waals surface area contributed by atoms with Gasteiger partial charge in [-0.3, -0.25) is 4.79 Å². The Balaban J connectivity index is 2.44. The molecule has 0 saturated heterocycles. The monoisotopic (exact) mass is 239 g/mol. The van der Waals surface area contributed by atoms with Crippen LogP contribution < -0.4 is 11.3 Å². The summed E-state index contributed by atoms with van der Waals surface area (Å²) in [4.78, 5) is 13.6. The van der Waals surface area contributed by atoms with E-state index in [2.05, 4.69) is 4.90 Å². The zero-order chi connectivity index (χ0) is 12.8. The minimum Gasteiger partial charge on any atom is -0.398 e. The number of nitrogens with two attached hydrogens (primary N) is 1. The van der Waals surface area contributed by atoms with Crippen LogP contribution in [0.25, 0.3) is 0 Å². The molecule has 0 bridgehead atoms. The fraction of sp³-hybridized carbons (Fsp3) is 0.583. The Hall–Kier alpha value is -1.33. The van der Waals surface area contributed by atoms with Gasteiger partial charge in [0.05, 0.1) is 6.10 Å². The average Bonchev–Trinajstić information content (AvgIpc) is 2.27. The molecular weight excluding hydrogens is 218 g/mol. The number of anilines is 1. The summed E-state index contributed by atoms with van der Waals surface area (Å²) in [6.07, 6.45) is 2.11. The summed E-state index contributed by atoms with van der Waals surface area (Å²) in [5.74, 6) is 0. The van der Waals surface area contributed by atoms with Gasteiger partial charge in [0.2, 0.25) is 0 Å². The summed E-state index contributed by atoms with van der Waals surface area (Å²) in [6.45, 7) is 3.96. The van der Waals surface area contributed by atoms with Gasteiger partial charge in [0.25, 0.3) is 5.56 Å². The quantitative estimate of drug-likeness (QED) is 0.740. The Kier molecular flexibility index (Phi) is 5.18. The highest BCUT2D eigenvalue weighted by atomic mass is 16.3. The average molecular weight is 239 g/mol. The maximum Gasteiger partial charge on any atom is 0.250 e. The van der Waals surface area contributed by atoms with E-state index in [0.717, 1.165) is 19.5 Å².